The second-order valence-corrected chi connectivity index (χ2v) is 6.61. The SMILES string of the molecule is CC(C)(C)c1nc(CN2CCO[C@H](Cn3cncn3)C2)no1. The van der Waals surface area contributed by atoms with Gasteiger partial charge >= 0.3 is 0 Å². The minimum Gasteiger partial charge on any atom is -0.374 e. The van der Waals surface area contributed by atoms with E-state index in [1.807, 2.05) is 0 Å². The summed E-state index contributed by atoms with van der Waals surface area (Å²) >= 11 is 0. The maximum Gasteiger partial charge on any atom is 0.232 e. The van der Waals surface area contributed by atoms with Gasteiger partial charge in [-0.05, 0) is 0 Å². The van der Waals surface area contributed by atoms with Crippen molar-refractivity contribution < 1.29 is 9.26 Å². The van der Waals surface area contributed by atoms with E-state index in [9.17, 15) is 0 Å². The number of morpholine rings is 1. The van der Waals surface area contributed by atoms with Crippen LogP contribution in [0.3, 0.4) is 0 Å². The highest BCUT2D eigenvalue weighted by Crippen LogP contribution is 2.20. The molecular weight excluding hydrogens is 284 g/mol. The summed E-state index contributed by atoms with van der Waals surface area (Å²) in [7, 11) is 0. The van der Waals surface area contributed by atoms with Crippen LogP contribution in [-0.4, -0.2) is 55.6 Å². The summed E-state index contributed by atoms with van der Waals surface area (Å²) in [5.41, 5.74) is -0.119. The molecule has 0 bridgehead atoms. The number of ether oxygens (including phenoxy) is 1. The molecule has 0 aromatic carbocycles. The first-order valence-electron chi connectivity index (χ1n) is 7.50. The molecule has 8 heteroatoms. The standard InChI is InChI=1S/C14H22N6O2/c1-14(2,3)13-17-12(18-22-13)8-19-4-5-21-11(6-19)7-20-10-15-9-16-20/h9-11H,4-8H2,1-3H3/t11-/m0/s1. The highest BCUT2D eigenvalue weighted by atomic mass is 16.5. The van der Waals surface area contributed by atoms with Crippen molar-refractivity contribution in [3.8, 4) is 0 Å². The second kappa shape index (κ2) is 6.13. The molecule has 3 heterocycles. The molecule has 0 unspecified atom stereocenters. The first-order valence-corrected chi connectivity index (χ1v) is 7.50. The third-order valence-electron chi connectivity index (χ3n) is 3.55. The maximum atomic E-state index is 5.78. The van der Waals surface area contributed by atoms with Crippen molar-refractivity contribution in [3.63, 3.8) is 0 Å². The van der Waals surface area contributed by atoms with Gasteiger partial charge in [-0.25, -0.2) is 4.98 Å². The van der Waals surface area contributed by atoms with Gasteiger partial charge in [-0.2, -0.15) is 10.1 Å². The molecule has 2 aromatic heterocycles. The average molecular weight is 306 g/mol. The van der Waals surface area contributed by atoms with Crippen LogP contribution in [0.25, 0.3) is 0 Å². The average Bonchev–Trinajstić information content (AvgIpc) is 3.10. The van der Waals surface area contributed by atoms with Gasteiger partial charge in [0, 0.05) is 18.5 Å². The zero-order valence-corrected chi connectivity index (χ0v) is 13.3. The lowest BCUT2D eigenvalue weighted by molar-refractivity contribution is -0.0411. The van der Waals surface area contributed by atoms with E-state index in [0.717, 1.165) is 18.9 Å². The third kappa shape index (κ3) is 3.69. The molecule has 120 valence electrons. The number of rotatable bonds is 4. The molecular formula is C14H22N6O2. The molecule has 0 radical (unpaired) electrons. The van der Waals surface area contributed by atoms with Gasteiger partial charge in [0.1, 0.15) is 12.7 Å². The Bertz CT molecular complexity index is 589. The fourth-order valence-corrected chi connectivity index (χ4v) is 2.39. The molecule has 1 fully saturated rings. The second-order valence-electron chi connectivity index (χ2n) is 6.61. The molecule has 1 saturated heterocycles. The van der Waals surface area contributed by atoms with Crippen molar-refractivity contribution in [2.24, 2.45) is 0 Å². The Balaban J connectivity index is 1.57. The van der Waals surface area contributed by atoms with E-state index in [1.165, 1.54) is 6.33 Å². The summed E-state index contributed by atoms with van der Waals surface area (Å²) in [6, 6.07) is 0. The lowest BCUT2D eigenvalue weighted by Crippen LogP contribution is -2.43. The Kier molecular flexibility index (Phi) is 4.21. The molecule has 0 spiro atoms. The monoisotopic (exact) mass is 306 g/mol. The summed E-state index contributed by atoms with van der Waals surface area (Å²) in [5.74, 6) is 1.40. The van der Waals surface area contributed by atoms with Crippen molar-refractivity contribution in [3.05, 3.63) is 24.4 Å². The quantitative estimate of drug-likeness (QED) is 0.828. The first-order chi connectivity index (χ1) is 10.5. The first kappa shape index (κ1) is 15.1. The van der Waals surface area contributed by atoms with Gasteiger partial charge in [-0.3, -0.25) is 9.58 Å². The third-order valence-corrected chi connectivity index (χ3v) is 3.55. The molecule has 2 aromatic rings. The minimum absolute atomic E-state index is 0.101. The molecule has 0 saturated carbocycles. The van der Waals surface area contributed by atoms with Crippen LogP contribution in [0, 0.1) is 0 Å². The normalized spacial score (nSPS) is 20.4. The van der Waals surface area contributed by atoms with Crippen LogP contribution in [-0.2, 0) is 23.2 Å². The van der Waals surface area contributed by atoms with E-state index in [4.69, 9.17) is 9.26 Å². The fourth-order valence-electron chi connectivity index (χ4n) is 2.39. The molecule has 8 nitrogen and oxygen atoms in total. The van der Waals surface area contributed by atoms with Crippen molar-refractivity contribution in [2.45, 2.75) is 45.4 Å². The van der Waals surface area contributed by atoms with E-state index in [2.05, 4.69) is 45.9 Å². The summed E-state index contributed by atoms with van der Waals surface area (Å²) in [6.45, 7) is 9.95. The van der Waals surface area contributed by atoms with Crippen LogP contribution >= 0.6 is 0 Å². The lowest BCUT2D eigenvalue weighted by Gasteiger charge is -2.31. The number of hydrogen-bond acceptors (Lipinski definition) is 7. The van der Waals surface area contributed by atoms with Crippen LogP contribution in [0.4, 0.5) is 0 Å². The van der Waals surface area contributed by atoms with Gasteiger partial charge in [0.05, 0.1) is 25.8 Å². The zero-order chi connectivity index (χ0) is 15.6. The van der Waals surface area contributed by atoms with E-state index in [-0.39, 0.29) is 11.5 Å². The van der Waals surface area contributed by atoms with Crippen LogP contribution < -0.4 is 0 Å². The van der Waals surface area contributed by atoms with Crippen LogP contribution in [0.5, 0.6) is 0 Å². The molecule has 0 aliphatic carbocycles. The lowest BCUT2D eigenvalue weighted by atomic mass is 9.97. The highest BCUT2D eigenvalue weighted by Gasteiger charge is 2.25. The molecule has 0 amide bonds. The maximum absolute atomic E-state index is 5.78. The predicted octanol–water partition coefficient (Wildman–Crippen LogP) is 0.860. The number of nitrogens with zero attached hydrogens (tertiary/aromatic N) is 6. The smallest absolute Gasteiger partial charge is 0.232 e. The molecule has 0 N–H and O–H groups in total. The van der Waals surface area contributed by atoms with Crippen LogP contribution in [0.15, 0.2) is 17.2 Å². The summed E-state index contributed by atoms with van der Waals surface area (Å²) in [6.07, 6.45) is 3.34. The van der Waals surface area contributed by atoms with Crippen LogP contribution in [0.1, 0.15) is 32.5 Å². The Morgan fingerprint density at radius 1 is 1.36 bits per heavy atom. The number of aromatic nitrogens is 5. The van der Waals surface area contributed by atoms with Crippen molar-refractivity contribution in [1.29, 1.82) is 0 Å². The van der Waals surface area contributed by atoms with Crippen molar-refractivity contribution >= 4 is 0 Å². The van der Waals surface area contributed by atoms with E-state index in [0.29, 0.717) is 25.6 Å². The topological polar surface area (TPSA) is 82.1 Å². The summed E-state index contributed by atoms with van der Waals surface area (Å²) < 4.78 is 12.9. The van der Waals surface area contributed by atoms with Gasteiger partial charge in [-0.1, -0.05) is 25.9 Å². The Morgan fingerprint density at radius 2 is 2.23 bits per heavy atom. The van der Waals surface area contributed by atoms with Gasteiger partial charge in [-0.15, -0.1) is 0 Å². The minimum atomic E-state index is -0.119. The fraction of sp³-hybridized carbons (Fsp3) is 0.714. The van der Waals surface area contributed by atoms with Gasteiger partial charge in [0.2, 0.25) is 5.89 Å². The van der Waals surface area contributed by atoms with Crippen molar-refractivity contribution in [2.75, 3.05) is 19.7 Å². The van der Waals surface area contributed by atoms with Gasteiger partial charge in [0.15, 0.2) is 5.82 Å². The summed E-state index contributed by atoms with van der Waals surface area (Å²) in [4.78, 5) is 10.7. The zero-order valence-electron chi connectivity index (χ0n) is 13.3. The van der Waals surface area contributed by atoms with Gasteiger partial charge < -0.3 is 9.26 Å². The number of hydrogen-bond donors (Lipinski definition) is 0. The Hall–Kier alpha value is -1.80. The highest BCUT2D eigenvalue weighted by molar-refractivity contribution is 4.98. The van der Waals surface area contributed by atoms with Crippen molar-refractivity contribution in [1.82, 2.24) is 29.8 Å². The molecule has 22 heavy (non-hydrogen) atoms. The molecule has 3 rings (SSSR count). The summed E-state index contributed by atoms with van der Waals surface area (Å²) in [5, 5.41) is 8.20. The van der Waals surface area contributed by atoms with Crippen LogP contribution in [0.2, 0.25) is 0 Å². The predicted molar refractivity (Wildman–Crippen MR) is 78.0 cm³/mol. The molecule has 1 atom stereocenters. The molecule has 1 aliphatic heterocycles. The molecule has 1 aliphatic rings. The van der Waals surface area contributed by atoms with Gasteiger partial charge in [0.25, 0.3) is 0 Å². The Labute approximate surface area is 129 Å². The van der Waals surface area contributed by atoms with E-state index in [1.54, 1.807) is 11.0 Å². The van der Waals surface area contributed by atoms with E-state index < -0.39 is 0 Å². The Morgan fingerprint density at radius 3 is 2.91 bits per heavy atom. The largest absolute Gasteiger partial charge is 0.374 e. The van der Waals surface area contributed by atoms with E-state index >= 15 is 0 Å².